The lowest BCUT2D eigenvalue weighted by molar-refractivity contribution is -0.150. The highest BCUT2D eigenvalue weighted by atomic mass is 32.2. The largest absolute Gasteiger partial charge is 0.503 e. The Bertz CT molecular complexity index is 1760. The Morgan fingerprint density at radius 2 is 2.09 bits per heavy atom. The van der Waals surface area contributed by atoms with Gasteiger partial charge in [-0.25, -0.2) is 14.6 Å². The van der Waals surface area contributed by atoms with Gasteiger partial charge in [-0.2, -0.15) is 0 Å². The molecule has 0 radical (unpaired) electrons. The van der Waals surface area contributed by atoms with Crippen LogP contribution in [0.3, 0.4) is 0 Å². The number of carboxylic acids is 2. The number of fused-ring (bicyclic) bond motifs is 1. The van der Waals surface area contributed by atoms with Gasteiger partial charge in [-0.3, -0.25) is 19.3 Å². The van der Waals surface area contributed by atoms with Crippen molar-refractivity contribution in [3.8, 4) is 5.75 Å². The lowest BCUT2D eigenvalue weighted by Gasteiger charge is -2.49. The van der Waals surface area contributed by atoms with E-state index in [1.807, 2.05) is 0 Å². The molecule has 0 aliphatic carbocycles. The maximum Gasteiger partial charge on any atom is 0.352 e. The predicted molar refractivity (Wildman–Crippen MR) is 163 cm³/mol. The number of thiazole rings is 1. The molecule has 0 spiro atoms. The third-order valence-electron chi connectivity index (χ3n) is 6.45. The molecule has 0 unspecified atom stereocenters. The van der Waals surface area contributed by atoms with Crippen molar-refractivity contribution >= 4 is 81.0 Å². The van der Waals surface area contributed by atoms with E-state index in [1.54, 1.807) is 6.20 Å². The van der Waals surface area contributed by atoms with Gasteiger partial charge in [0.15, 0.2) is 16.6 Å². The van der Waals surface area contributed by atoms with Crippen LogP contribution in [-0.2, 0) is 24.0 Å². The molecular formula is C24H22N8O9S4. The maximum atomic E-state index is 13.3. The lowest BCUT2D eigenvalue weighted by atomic mass is 10.0. The fourth-order valence-corrected chi connectivity index (χ4v) is 7.80. The van der Waals surface area contributed by atoms with Gasteiger partial charge in [-0.1, -0.05) is 9.64 Å². The van der Waals surface area contributed by atoms with Crippen LogP contribution < -0.4 is 16.5 Å². The van der Waals surface area contributed by atoms with Crippen LogP contribution in [-0.4, -0.2) is 98.4 Å². The van der Waals surface area contributed by atoms with Gasteiger partial charge in [0.1, 0.15) is 39.7 Å². The van der Waals surface area contributed by atoms with Crippen LogP contribution in [0.15, 0.2) is 55.5 Å². The minimum atomic E-state index is -1.27. The van der Waals surface area contributed by atoms with Crippen molar-refractivity contribution in [2.75, 3.05) is 23.8 Å². The number of nitrogens with one attached hydrogen (secondary N) is 1. The molecule has 45 heavy (non-hydrogen) atoms. The minimum absolute atomic E-state index is 0.0398. The van der Waals surface area contributed by atoms with Crippen LogP contribution in [0.5, 0.6) is 5.75 Å². The number of carbonyl (C=O) groups is 4. The number of aliphatic carboxylic acids is 2. The fraction of sp³-hybridized carbons (Fsp3) is 0.292. The molecule has 0 aromatic carbocycles. The molecule has 5 rings (SSSR count). The number of oxime groups is 1. The topological polar surface area (TPSA) is 253 Å². The SMILES string of the molecule is Nc1nc(/C(=N\OCC[C@H](C(=O)O)n2ccc(=O)c(O)c2)C(=O)N[C@@H]2C(=O)N3C(C(=O)O)=C(CSc4cnns4)CS[C@H]23)cs1. The van der Waals surface area contributed by atoms with E-state index in [2.05, 4.69) is 25.0 Å². The number of nitrogens with two attached hydrogens (primary N) is 1. The zero-order valence-corrected chi connectivity index (χ0v) is 25.9. The number of hydrogen-bond donors (Lipinski definition) is 5. The molecule has 0 saturated carbocycles. The maximum absolute atomic E-state index is 13.3. The van der Waals surface area contributed by atoms with Gasteiger partial charge in [0, 0.05) is 35.6 Å². The Hall–Kier alpha value is -4.47. The molecule has 2 aliphatic rings. The summed E-state index contributed by atoms with van der Waals surface area (Å²) < 4.78 is 5.70. The summed E-state index contributed by atoms with van der Waals surface area (Å²) in [6, 6.07) is -1.29. The van der Waals surface area contributed by atoms with Crippen molar-refractivity contribution < 1.29 is 39.3 Å². The summed E-state index contributed by atoms with van der Waals surface area (Å²) >= 11 is 4.85. The first-order chi connectivity index (χ1) is 21.5. The molecule has 3 aromatic rings. The smallest absolute Gasteiger partial charge is 0.352 e. The molecule has 236 valence electrons. The number of nitrogens with zero attached hydrogens (tertiary/aromatic N) is 6. The van der Waals surface area contributed by atoms with Crippen LogP contribution >= 0.6 is 46.4 Å². The molecule has 2 aliphatic heterocycles. The number of carbonyl (C=O) groups excluding carboxylic acids is 2. The van der Waals surface area contributed by atoms with E-state index in [1.165, 1.54) is 46.6 Å². The second-order valence-corrected chi connectivity index (χ2v) is 13.3. The average molecular weight is 695 g/mol. The average Bonchev–Trinajstić information content (AvgIpc) is 3.69. The van der Waals surface area contributed by atoms with E-state index in [9.17, 15) is 39.3 Å². The van der Waals surface area contributed by atoms with E-state index in [-0.39, 0.29) is 35.3 Å². The van der Waals surface area contributed by atoms with E-state index >= 15 is 0 Å². The van der Waals surface area contributed by atoms with Crippen LogP contribution in [0.2, 0.25) is 0 Å². The highest BCUT2D eigenvalue weighted by molar-refractivity contribution is 8.01. The van der Waals surface area contributed by atoms with Crippen molar-refractivity contribution in [3.05, 3.63) is 57.2 Å². The molecule has 3 atom stereocenters. The van der Waals surface area contributed by atoms with Crippen LogP contribution in [0.25, 0.3) is 0 Å². The Balaban J connectivity index is 1.27. The number of nitrogen functional groups attached to an aromatic ring is 1. The Labute approximate surface area is 268 Å². The second kappa shape index (κ2) is 13.7. The summed E-state index contributed by atoms with van der Waals surface area (Å²) in [5.74, 6) is -4.00. The van der Waals surface area contributed by atoms with Gasteiger partial charge in [0.25, 0.3) is 11.8 Å². The van der Waals surface area contributed by atoms with Gasteiger partial charge in [-0.15, -0.1) is 40.0 Å². The first-order valence-corrected chi connectivity index (χ1v) is 16.4. The first-order valence-electron chi connectivity index (χ1n) is 12.7. The number of amides is 2. The summed E-state index contributed by atoms with van der Waals surface area (Å²) in [4.78, 5) is 72.4. The zero-order chi connectivity index (χ0) is 32.2. The first kappa shape index (κ1) is 31.9. The van der Waals surface area contributed by atoms with E-state index in [0.717, 1.165) is 37.3 Å². The summed E-state index contributed by atoms with van der Waals surface area (Å²) in [6.45, 7) is -0.306. The number of carboxylic acid groups (broad SMARTS) is 2. The molecule has 0 bridgehead atoms. The lowest BCUT2D eigenvalue weighted by Crippen LogP contribution is -2.71. The van der Waals surface area contributed by atoms with E-state index < -0.39 is 52.4 Å². The number of thioether (sulfide) groups is 2. The molecule has 3 aromatic heterocycles. The summed E-state index contributed by atoms with van der Waals surface area (Å²) in [5, 5.41) is 40.3. The van der Waals surface area contributed by atoms with Crippen LogP contribution in [0.1, 0.15) is 18.2 Å². The molecule has 1 fully saturated rings. The van der Waals surface area contributed by atoms with Gasteiger partial charge in [-0.05, 0) is 17.1 Å². The molecule has 6 N–H and O–H groups in total. The van der Waals surface area contributed by atoms with Crippen molar-refractivity contribution in [1.82, 2.24) is 29.4 Å². The van der Waals surface area contributed by atoms with Gasteiger partial charge >= 0.3 is 11.9 Å². The Morgan fingerprint density at radius 3 is 2.73 bits per heavy atom. The third-order valence-corrected chi connectivity index (χ3v) is 10.4. The minimum Gasteiger partial charge on any atom is -0.503 e. The van der Waals surface area contributed by atoms with Crippen molar-refractivity contribution in [2.24, 2.45) is 5.16 Å². The third kappa shape index (κ3) is 6.95. The van der Waals surface area contributed by atoms with Crippen molar-refractivity contribution in [2.45, 2.75) is 28.1 Å². The summed E-state index contributed by atoms with van der Waals surface area (Å²) in [7, 11) is 0. The zero-order valence-electron chi connectivity index (χ0n) is 22.6. The number of pyridine rings is 1. The number of rotatable bonds is 13. The highest BCUT2D eigenvalue weighted by Crippen LogP contribution is 2.41. The number of aromatic nitrogens is 4. The quantitative estimate of drug-likeness (QED) is 0.0534. The molecular weight excluding hydrogens is 673 g/mol. The van der Waals surface area contributed by atoms with Gasteiger partial charge in [0.05, 0.1) is 12.4 Å². The number of aromatic hydroxyl groups is 1. The summed E-state index contributed by atoms with van der Waals surface area (Å²) in [5.41, 5.74) is 5.17. The summed E-state index contributed by atoms with van der Waals surface area (Å²) in [6.07, 6.45) is 3.58. The molecule has 1 saturated heterocycles. The number of hydrogen-bond acceptors (Lipinski definition) is 16. The van der Waals surface area contributed by atoms with Crippen molar-refractivity contribution in [1.29, 1.82) is 0 Å². The monoisotopic (exact) mass is 694 g/mol. The standard InChI is InChI=1S/C24H22N8O9S4/c25-24-27-11(9-44-24)16(29-41-4-2-12(22(37)38)31-3-1-13(33)14(34)6-31)19(35)28-17-20(36)32-18(23(39)40)10(8-43-21(17)32)7-42-15-5-26-30-45-15/h1,3,5-6,9,12,17,21,34H,2,4,7-8H2,(H2,25,27)(H,28,35)(H,37,38)(H,39,40)/b29-16+/t12-,17-,21-/m1/s1. The van der Waals surface area contributed by atoms with E-state index in [4.69, 9.17) is 10.6 Å². The normalized spacial score (nSPS) is 18.6. The fourth-order valence-electron chi connectivity index (χ4n) is 4.34. The van der Waals surface area contributed by atoms with E-state index in [0.29, 0.717) is 17.1 Å². The highest BCUT2D eigenvalue weighted by Gasteiger charge is 2.54. The number of anilines is 1. The van der Waals surface area contributed by atoms with Gasteiger partial charge < -0.3 is 35.8 Å². The van der Waals surface area contributed by atoms with Crippen molar-refractivity contribution in [3.63, 3.8) is 0 Å². The molecule has 17 nitrogen and oxygen atoms in total. The molecule has 21 heteroatoms. The Kier molecular flexibility index (Phi) is 9.70. The van der Waals surface area contributed by atoms with Crippen LogP contribution in [0.4, 0.5) is 5.13 Å². The predicted octanol–water partition coefficient (Wildman–Crippen LogP) is 0.412. The van der Waals surface area contributed by atoms with Crippen LogP contribution in [0, 0.1) is 0 Å². The second-order valence-electron chi connectivity index (χ2n) is 9.27. The van der Waals surface area contributed by atoms with Gasteiger partial charge in [0.2, 0.25) is 5.43 Å². The Morgan fingerprint density at radius 1 is 1.29 bits per heavy atom. The molecule has 5 heterocycles. The molecule has 2 amide bonds. The number of β-lactam (4-membered cyclic amide) rings is 1.